The maximum Gasteiger partial charge on any atom is 0.631 e. The highest BCUT2D eigenvalue weighted by Crippen LogP contribution is 2.14. The van der Waals surface area contributed by atoms with Gasteiger partial charge in [0.1, 0.15) is 0 Å². The molecule has 0 aromatic rings. The van der Waals surface area contributed by atoms with Crippen molar-refractivity contribution in [3.8, 4) is 0 Å². The Kier molecular flexibility index (Phi) is 8.38. The van der Waals surface area contributed by atoms with Gasteiger partial charge in [-0.15, -0.1) is 0 Å². The molecule has 0 fully saturated rings. The normalized spacial score (nSPS) is 9.88. The van der Waals surface area contributed by atoms with E-state index < -0.39 is 32.0 Å². The predicted molar refractivity (Wildman–Crippen MR) is 38.1 cm³/mol. The maximum absolute atomic E-state index is 11.2. The monoisotopic (exact) mass is 250 g/mol. The first-order valence-electron chi connectivity index (χ1n) is 3.24. The first-order valence-corrected chi connectivity index (χ1v) is 3.24. The van der Waals surface area contributed by atoms with Crippen molar-refractivity contribution in [3.63, 3.8) is 0 Å². The van der Waals surface area contributed by atoms with Crippen LogP contribution in [0.2, 0.25) is 0 Å². The molecular weight excluding hydrogens is 244 g/mol. The van der Waals surface area contributed by atoms with Crippen molar-refractivity contribution in [1.29, 1.82) is 0 Å². The van der Waals surface area contributed by atoms with Crippen molar-refractivity contribution in [2.45, 2.75) is 6.18 Å². The second-order valence-electron chi connectivity index (χ2n) is 1.90. The van der Waals surface area contributed by atoms with Crippen LogP contribution in [0.5, 0.6) is 0 Å². The van der Waals surface area contributed by atoms with Gasteiger partial charge in [-0.1, -0.05) is 0 Å². The van der Waals surface area contributed by atoms with Crippen LogP contribution < -0.4 is 0 Å². The van der Waals surface area contributed by atoms with Crippen LogP contribution in [0, 0.1) is 0 Å². The lowest BCUT2D eigenvalue weighted by Gasteiger charge is -2.03. The van der Waals surface area contributed by atoms with Crippen LogP contribution in [0.1, 0.15) is 0 Å². The number of hydrogen-bond acceptors (Lipinski definition) is 7. The summed E-state index contributed by atoms with van der Waals surface area (Å²) in [5.74, 6) is -3.93. The number of carboxylic acid groups (broad SMARTS) is 1. The zero-order valence-electron chi connectivity index (χ0n) is 7.34. The Labute approximate surface area is 85.9 Å². The Morgan fingerprint density at radius 2 is 1.56 bits per heavy atom. The Balaban J connectivity index is 0. The second-order valence-corrected chi connectivity index (χ2v) is 1.90. The molecule has 94 valence electrons. The summed E-state index contributed by atoms with van der Waals surface area (Å²) < 4.78 is 33.7. The number of rotatable bonds is 2. The van der Waals surface area contributed by atoms with E-state index in [9.17, 15) is 22.8 Å². The van der Waals surface area contributed by atoms with Gasteiger partial charge in [0.05, 0.1) is 0 Å². The zero-order valence-corrected chi connectivity index (χ0v) is 7.34. The van der Waals surface area contributed by atoms with Crippen LogP contribution in [-0.4, -0.2) is 52.2 Å². The van der Waals surface area contributed by atoms with Crippen molar-refractivity contribution >= 4 is 19.3 Å². The third kappa shape index (κ3) is 18.4. The Morgan fingerprint density at radius 1 is 1.19 bits per heavy atom. The molecule has 0 saturated carbocycles. The van der Waals surface area contributed by atoms with Gasteiger partial charge in [0.2, 0.25) is 0 Å². The van der Waals surface area contributed by atoms with E-state index in [1.54, 1.807) is 0 Å². The number of carboxylic acids is 1. The topological polar surface area (TPSA) is 134 Å². The van der Waals surface area contributed by atoms with E-state index in [0.717, 1.165) is 0 Å². The van der Waals surface area contributed by atoms with Gasteiger partial charge in [0.15, 0.2) is 6.61 Å². The molecule has 0 atom stereocenters. The molecular formula is C4H6BF3O8. The molecule has 0 aromatic heterocycles. The van der Waals surface area contributed by atoms with Gasteiger partial charge in [-0.3, -0.25) is 4.89 Å². The molecule has 0 bridgehead atoms. The van der Waals surface area contributed by atoms with E-state index in [1.807, 2.05) is 0 Å². The molecule has 0 rings (SSSR count). The predicted octanol–water partition coefficient (Wildman–Crippen LogP) is -1.94. The first-order chi connectivity index (χ1) is 7.06. The third-order valence-electron chi connectivity index (χ3n) is 0.532. The molecule has 0 amide bonds. The minimum atomic E-state index is -4.67. The summed E-state index contributed by atoms with van der Waals surface area (Å²) >= 11 is 0. The van der Waals surface area contributed by atoms with Crippen LogP contribution in [-0.2, 0) is 19.4 Å². The van der Waals surface area contributed by atoms with Crippen LogP contribution in [0.25, 0.3) is 0 Å². The first kappa shape index (κ1) is 17.0. The number of halogens is 3. The molecule has 0 aromatic carbocycles. The summed E-state index contributed by atoms with van der Waals surface area (Å²) in [6.07, 6.45) is -4.67. The average Bonchev–Trinajstić information content (AvgIpc) is 2.00. The number of hydrogen-bond donors (Lipinski definition) is 4. The van der Waals surface area contributed by atoms with Crippen LogP contribution >= 0.6 is 0 Å². The molecule has 0 heterocycles. The fraction of sp³-hybridized carbons (Fsp3) is 0.500. The summed E-state index contributed by atoms with van der Waals surface area (Å²) in [5.41, 5.74) is 0. The fourth-order valence-corrected chi connectivity index (χ4v) is 0.185. The summed E-state index contributed by atoms with van der Waals surface area (Å²) in [6.45, 7) is -1.84. The highest BCUT2D eigenvalue weighted by molar-refractivity contribution is 6.30. The molecule has 0 aliphatic heterocycles. The summed E-state index contributed by atoms with van der Waals surface area (Å²) in [4.78, 5) is 26.0. The molecule has 4 N–H and O–H groups in total. The van der Waals surface area contributed by atoms with E-state index in [0.29, 0.717) is 0 Å². The lowest BCUT2D eigenvalue weighted by Crippen LogP contribution is -2.22. The summed E-state index contributed by atoms with van der Waals surface area (Å²) in [7, 11) is -2.17. The average molecular weight is 250 g/mol. The Hall–Kier alpha value is -1.37. The van der Waals surface area contributed by atoms with Crippen LogP contribution in [0.4, 0.5) is 13.2 Å². The minimum absolute atomic E-state index is 1.84. The van der Waals surface area contributed by atoms with Crippen LogP contribution in [0.15, 0.2) is 0 Å². The molecule has 0 aliphatic carbocycles. The highest BCUT2D eigenvalue weighted by Gasteiger charge is 2.29. The van der Waals surface area contributed by atoms with Gasteiger partial charge in [-0.05, 0) is 0 Å². The largest absolute Gasteiger partial charge is 0.631 e. The smallest absolute Gasteiger partial charge is 0.473 e. The van der Waals surface area contributed by atoms with E-state index >= 15 is 0 Å². The lowest BCUT2D eigenvalue weighted by atomic mass is 10.3. The number of carbonyl (C=O) groups is 2. The van der Waals surface area contributed by atoms with E-state index in [2.05, 4.69) is 9.78 Å². The van der Waals surface area contributed by atoms with Gasteiger partial charge in [0.25, 0.3) is 0 Å². The summed E-state index contributed by atoms with van der Waals surface area (Å²) in [5, 5.41) is 29.3. The quantitative estimate of drug-likeness (QED) is 0.192. The molecule has 12 heteroatoms. The van der Waals surface area contributed by atoms with Crippen molar-refractivity contribution in [3.05, 3.63) is 0 Å². The van der Waals surface area contributed by atoms with Crippen molar-refractivity contribution in [2.75, 3.05) is 6.61 Å². The van der Waals surface area contributed by atoms with Crippen molar-refractivity contribution < 1.29 is 52.7 Å². The minimum Gasteiger partial charge on any atom is -0.473 e. The van der Waals surface area contributed by atoms with E-state index in [-0.39, 0.29) is 0 Å². The van der Waals surface area contributed by atoms with Crippen molar-refractivity contribution in [2.24, 2.45) is 0 Å². The van der Waals surface area contributed by atoms with E-state index in [4.69, 9.17) is 20.2 Å². The summed E-state index contributed by atoms with van der Waals surface area (Å²) in [6, 6.07) is 0. The zero-order chi connectivity index (χ0) is 13.4. The van der Waals surface area contributed by atoms with Crippen molar-refractivity contribution in [1.82, 2.24) is 0 Å². The molecule has 0 spiro atoms. The standard InChI is InChI=1S/C4H3F3O5.BH3O3/c5-4(6,7)1-11-12-3(10)2(8)9;2-1(3)4/h1H2,(H,8,9);2-4H. The van der Waals surface area contributed by atoms with Crippen LogP contribution in [0.3, 0.4) is 0 Å². The third-order valence-corrected chi connectivity index (χ3v) is 0.532. The molecule has 0 saturated heterocycles. The fourth-order valence-electron chi connectivity index (χ4n) is 0.185. The highest BCUT2D eigenvalue weighted by atomic mass is 19.4. The number of carbonyl (C=O) groups excluding carboxylic acids is 1. The number of alkyl halides is 3. The maximum atomic E-state index is 11.2. The molecule has 0 aliphatic rings. The van der Waals surface area contributed by atoms with Gasteiger partial charge in [-0.2, -0.15) is 18.1 Å². The molecule has 0 radical (unpaired) electrons. The SMILES string of the molecule is O=C(O)C(=O)OOCC(F)(F)F.OB(O)O. The van der Waals surface area contributed by atoms with Gasteiger partial charge in [0, 0.05) is 0 Å². The molecule has 8 nitrogen and oxygen atoms in total. The van der Waals surface area contributed by atoms with Gasteiger partial charge < -0.3 is 20.2 Å². The van der Waals surface area contributed by atoms with E-state index in [1.165, 1.54) is 0 Å². The Bertz CT molecular complexity index is 225. The molecule has 0 unspecified atom stereocenters. The molecule has 16 heavy (non-hydrogen) atoms. The second kappa shape index (κ2) is 7.87. The Morgan fingerprint density at radius 3 is 1.81 bits per heavy atom. The van der Waals surface area contributed by atoms with Gasteiger partial charge in [-0.25, -0.2) is 9.59 Å². The lowest BCUT2D eigenvalue weighted by molar-refractivity contribution is -0.315. The van der Waals surface area contributed by atoms with Gasteiger partial charge >= 0.3 is 25.4 Å². The number of aliphatic carboxylic acids is 1.